The Balaban J connectivity index is 2.18. The van der Waals surface area contributed by atoms with E-state index in [0.29, 0.717) is 0 Å². The van der Waals surface area contributed by atoms with E-state index in [-0.39, 0.29) is 0 Å². The topological polar surface area (TPSA) is 25.8 Å². The van der Waals surface area contributed by atoms with Crippen molar-refractivity contribution in [2.24, 2.45) is 0 Å². The number of aryl methyl sites for hydroxylation is 6. The van der Waals surface area contributed by atoms with Crippen LogP contribution in [0.1, 0.15) is 60.5 Å². The molecule has 0 saturated carbocycles. The second-order valence-electron chi connectivity index (χ2n) is 6.40. The first-order chi connectivity index (χ1) is 10.6. The van der Waals surface area contributed by atoms with E-state index in [9.17, 15) is 0 Å². The van der Waals surface area contributed by atoms with Gasteiger partial charge in [0.25, 0.3) is 0 Å². The van der Waals surface area contributed by atoms with Crippen molar-refractivity contribution >= 4 is 0 Å². The molecule has 0 atom stereocenters. The van der Waals surface area contributed by atoms with Crippen LogP contribution in [0.3, 0.4) is 0 Å². The standard InChI is InChI=1S/C20H26N2/c1-5-18-14(4)21-19(6-2)20(22-18)17-12-16-10-8-7-9-15(16)11-13(17)3/h11-12H,5-10H2,1-4H3. The lowest BCUT2D eigenvalue weighted by Gasteiger charge is -2.20. The molecule has 22 heavy (non-hydrogen) atoms. The molecule has 116 valence electrons. The highest BCUT2D eigenvalue weighted by Gasteiger charge is 2.17. The Morgan fingerprint density at radius 2 is 1.50 bits per heavy atom. The van der Waals surface area contributed by atoms with Crippen molar-refractivity contribution in [3.05, 3.63) is 45.9 Å². The van der Waals surface area contributed by atoms with Gasteiger partial charge in [-0.25, -0.2) is 4.98 Å². The summed E-state index contributed by atoms with van der Waals surface area (Å²) in [5.41, 5.74) is 10.2. The Morgan fingerprint density at radius 3 is 2.14 bits per heavy atom. The van der Waals surface area contributed by atoms with Crippen molar-refractivity contribution in [1.82, 2.24) is 9.97 Å². The fourth-order valence-electron chi connectivity index (χ4n) is 3.56. The molecule has 1 aliphatic rings. The fraction of sp³-hybridized carbons (Fsp3) is 0.500. The minimum atomic E-state index is 0.934. The van der Waals surface area contributed by atoms with Gasteiger partial charge in [0.15, 0.2) is 0 Å². The third-order valence-electron chi connectivity index (χ3n) is 4.85. The molecule has 0 saturated heterocycles. The number of hydrogen-bond acceptors (Lipinski definition) is 2. The van der Waals surface area contributed by atoms with Gasteiger partial charge in [-0.3, -0.25) is 4.98 Å². The van der Waals surface area contributed by atoms with Crippen molar-refractivity contribution in [2.45, 2.75) is 66.2 Å². The Hall–Kier alpha value is -1.70. The third kappa shape index (κ3) is 2.67. The minimum Gasteiger partial charge on any atom is -0.254 e. The molecule has 0 bridgehead atoms. The first-order valence-corrected chi connectivity index (χ1v) is 8.63. The van der Waals surface area contributed by atoms with Crippen LogP contribution in [0.4, 0.5) is 0 Å². The summed E-state index contributed by atoms with van der Waals surface area (Å²) in [6, 6.07) is 4.78. The highest BCUT2D eigenvalue weighted by atomic mass is 14.8. The van der Waals surface area contributed by atoms with Crippen molar-refractivity contribution < 1.29 is 0 Å². The van der Waals surface area contributed by atoms with Gasteiger partial charge < -0.3 is 0 Å². The molecule has 1 aromatic heterocycles. The first-order valence-electron chi connectivity index (χ1n) is 8.63. The largest absolute Gasteiger partial charge is 0.254 e. The summed E-state index contributed by atoms with van der Waals surface area (Å²) < 4.78 is 0. The van der Waals surface area contributed by atoms with Crippen molar-refractivity contribution in [3.63, 3.8) is 0 Å². The third-order valence-corrected chi connectivity index (χ3v) is 4.85. The molecule has 0 amide bonds. The van der Waals surface area contributed by atoms with Crippen LogP contribution in [-0.4, -0.2) is 9.97 Å². The van der Waals surface area contributed by atoms with E-state index in [1.807, 2.05) is 0 Å². The minimum absolute atomic E-state index is 0.934. The molecule has 1 aliphatic carbocycles. The highest BCUT2D eigenvalue weighted by molar-refractivity contribution is 5.68. The lowest BCUT2D eigenvalue weighted by atomic mass is 9.87. The van der Waals surface area contributed by atoms with Crippen LogP contribution in [0.5, 0.6) is 0 Å². The normalized spacial score (nSPS) is 14.0. The second kappa shape index (κ2) is 6.20. The second-order valence-corrected chi connectivity index (χ2v) is 6.40. The Kier molecular flexibility index (Phi) is 4.28. The predicted molar refractivity (Wildman–Crippen MR) is 92.3 cm³/mol. The highest BCUT2D eigenvalue weighted by Crippen LogP contribution is 2.31. The lowest BCUT2D eigenvalue weighted by molar-refractivity contribution is 0.685. The van der Waals surface area contributed by atoms with Gasteiger partial charge >= 0.3 is 0 Å². The number of benzene rings is 1. The van der Waals surface area contributed by atoms with Crippen LogP contribution < -0.4 is 0 Å². The Labute approximate surface area is 134 Å². The summed E-state index contributed by atoms with van der Waals surface area (Å²) in [6.45, 7) is 8.63. The van der Waals surface area contributed by atoms with Gasteiger partial charge in [-0.1, -0.05) is 19.9 Å². The van der Waals surface area contributed by atoms with Gasteiger partial charge in [0.05, 0.1) is 22.8 Å². The molecule has 0 aliphatic heterocycles. The van der Waals surface area contributed by atoms with E-state index in [1.165, 1.54) is 42.4 Å². The van der Waals surface area contributed by atoms with Crippen LogP contribution in [0, 0.1) is 13.8 Å². The summed E-state index contributed by atoms with van der Waals surface area (Å²) >= 11 is 0. The lowest BCUT2D eigenvalue weighted by Crippen LogP contribution is -2.07. The molecule has 1 aromatic carbocycles. The molecule has 2 aromatic rings. The SMILES string of the molecule is CCc1nc(-c2cc3c(cc2C)CCCC3)c(CC)nc1C. The zero-order valence-electron chi connectivity index (χ0n) is 14.3. The molecule has 3 rings (SSSR count). The maximum absolute atomic E-state index is 4.98. The van der Waals surface area contributed by atoms with Gasteiger partial charge in [-0.15, -0.1) is 0 Å². The zero-order chi connectivity index (χ0) is 15.7. The average molecular weight is 294 g/mol. The summed E-state index contributed by atoms with van der Waals surface area (Å²) in [4.78, 5) is 9.81. The average Bonchev–Trinajstić information content (AvgIpc) is 2.54. The number of rotatable bonds is 3. The fourth-order valence-corrected chi connectivity index (χ4v) is 3.56. The van der Waals surface area contributed by atoms with Gasteiger partial charge in [0.2, 0.25) is 0 Å². The summed E-state index contributed by atoms with van der Waals surface area (Å²) in [5, 5.41) is 0. The predicted octanol–water partition coefficient (Wildman–Crippen LogP) is 4.76. The monoisotopic (exact) mass is 294 g/mol. The molecular weight excluding hydrogens is 268 g/mol. The number of hydrogen-bond donors (Lipinski definition) is 0. The molecule has 0 unspecified atom stereocenters. The molecule has 0 radical (unpaired) electrons. The summed E-state index contributed by atoms with van der Waals surface area (Å²) in [5.74, 6) is 0. The maximum Gasteiger partial charge on any atom is 0.0923 e. The van der Waals surface area contributed by atoms with Crippen molar-refractivity contribution in [1.29, 1.82) is 0 Å². The smallest absolute Gasteiger partial charge is 0.0923 e. The van der Waals surface area contributed by atoms with E-state index in [4.69, 9.17) is 9.97 Å². The molecule has 2 heteroatoms. The van der Waals surface area contributed by atoms with Gasteiger partial charge in [0, 0.05) is 5.56 Å². The Morgan fingerprint density at radius 1 is 0.864 bits per heavy atom. The summed E-state index contributed by atoms with van der Waals surface area (Å²) in [7, 11) is 0. The van der Waals surface area contributed by atoms with Crippen LogP contribution >= 0.6 is 0 Å². The molecule has 0 N–H and O–H groups in total. The number of aromatic nitrogens is 2. The molecule has 0 spiro atoms. The number of nitrogens with zero attached hydrogens (tertiary/aromatic N) is 2. The molecule has 2 nitrogen and oxygen atoms in total. The van der Waals surface area contributed by atoms with Crippen molar-refractivity contribution in [2.75, 3.05) is 0 Å². The zero-order valence-corrected chi connectivity index (χ0v) is 14.3. The van der Waals surface area contributed by atoms with E-state index in [1.54, 1.807) is 5.56 Å². The van der Waals surface area contributed by atoms with Crippen molar-refractivity contribution in [3.8, 4) is 11.3 Å². The van der Waals surface area contributed by atoms with E-state index < -0.39 is 0 Å². The van der Waals surface area contributed by atoms with Crippen LogP contribution in [0.15, 0.2) is 12.1 Å². The molecule has 1 heterocycles. The molecule has 0 fully saturated rings. The van der Waals surface area contributed by atoms with E-state index in [2.05, 4.69) is 39.8 Å². The number of fused-ring (bicyclic) bond motifs is 1. The van der Waals surface area contributed by atoms with Gasteiger partial charge in [0.1, 0.15) is 0 Å². The maximum atomic E-state index is 4.98. The van der Waals surface area contributed by atoms with Crippen LogP contribution in [0.2, 0.25) is 0 Å². The molecular formula is C20H26N2. The van der Waals surface area contributed by atoms with Gasteiger partial charge in [-0.2, -0.15) is 0 Å². The van der Waals surface area contributed by atoms with E-state index in [0.717, 1.165) is 35.6 Å². The van der Waals surface area contributed by atoms with Crippen LogP contribution in [-0.2, 0) is 25.7 Å². The first kappa shape index (κ1) is 15.2. The van der Waals surface area contributed by atoms with Gasteiger partial charge in [-0.05, 0) is 75.1 Å². The Bertz CT molecular complexity index is 701. The quantitative estimate of drug-likeness (QED) is 0.815. The summed E-state index contributed by atoms with van der Waals surface area (Å²) in [6.07, 6.45) is 6.97. The van der Waals surface area contributed by atoms with Crippen LogP contribution in [0.25, 0.3) is 11.3 Å². The van der Waals surface area contributed by atoms with E-state index >= 15 is 0 Å².